The van der Waals surface area contributed by atoms with Crippen molar-refractivity contribution in [3.05, 3.63) is 52.3 Å². The SMILES string of the molecule is Cn1ccc(CC(C)(N)c2ccccc2Br)n1. The van der Waals surface area contributed by atoms with Crippen LogP contribution in [-0.4, -0.2) is 9.78 Å². The smallest absolute Gasteiger partial charge is 0.0646 e. The first-order chi connectivity index (χ1) is 7.99. The fourth-order valence-corrected chi connectivity index (χ4v) is 2.69. The van der Waals surface area contributed by atoms with Gasteiger partial charge in [0.25, 0.3) is 0 Å². The Morgan fingerprint density at radius 1 is 1.35 bits per heavy atom. The van der Waals surface area contributed by atoms with Crippen molar-refractivity contribution in [3.63, 3.8) is 0 Å². The summed E-state index contributed by atoms with van der Waals surface area (Å²) in [4.78, 5) is 0. The van der Waals surface area contributed by atoms with E-state index in [-0.39, 0.29) is 0 Å². The second kappa shape index (κ2) is 4.63. The quantitative estimate of drug-likeness (QED) is 0.945. The molecule has 1 heterocycles. The molecule has 0 bridgehead atoms. The molecular weight excluding hydrogens is 278 g/mol. The number of hydrogen-bond donors (Lipinski definition) is 1. The van der Waals surface area contributed by atoms with Gasteiger partial charge in [0.15, 0.2) is 0 Å². The van der Waals surface area contributed by atoms with Gasteiger partial charge in [0.05, 0.1) is 5.69 Å². The summed E-state index contributed by atoms with van der Waals surface area (Å²) in [5, 5.41) is 4.37. The van der Waals surface area contributed by atoms with Crippen LogP contribution in [0.5, 0.6) is 0 Å². The maximum atomic E-state index is 6.40. The van der Waals surface area contributed by atoms with E-state index in [2.05, 4.69) is 21.0 Å². The van der Waals surface area contributed by atoms with Gasteiger partial charge in [-0.3, -0.25) is 4.68 Å². The van der Waals surface area contributed by atoms with Crippen molar-refractivity contribution < 1.29 is 0 Å². The van der Waals surface area contributed by atoms with Crippen LogP contribution in [0.15, 0.2) is 41.0 Å². The minimum atomic E-state index is -0.422. The highest BCUT2D eigenvalue weighted by Crippen LogP contribution is 2.28. The van der Waals surface area contributed by atoms with E-state index in [0.717, 1.165) is 22.2 Å². The fraction of sp³-hybridized carbons (Fsp3) is 0.308. The lowest BCUT2D eigenvalue weighted by atomic mass is 9.88. The lowest BCUT2D eigenvalue weighted by molar-refractivity contribution is 0.479. The van der Waals surface area contributed by atoms with Crippen LogP contribution in [-0.2, 0) is 19.0 Å². The standard InChI is InChI=1S/C13H16BrN3/c1-13(15,9-10-7-8-17(2)16-10)11-5-3-4-6-12(11)14/h3-8H,9,15H2,1-2H3. The Morgan fingerprint density at radius 3 is 2.65 bits per heavy atom. The van der Waals surface area contributed by atoms with Gasteiger partial charge in [0.1, 0.15) is 0 Å². The normalized spacial score (nSPS) is 14.6. The van der Waals surface area contributed by atoms with Crippen LogP contribution in [0.1, 0.15) is 18.2 Å². The van der Waals surface area contributed by atoms with Crippen LogP contribution < -0.4 is 5.73 Å². The molecule has 1 aromatic carbocycles. The predicted octanol–water partition coefficient (Wildman–Crippen LogP) is 2.60. The molecular formula is C13H16BrN3. The molecule has 2 rings (SSSR count). The molecule has 90 valence electrons. The molecule has 2 aromatic rings. The minimum Gasteiger partial charge on any atom is -0.321 e. The monoisotopic (exact) mass is 293 g/mol. The van der Waals surface area contributed by atoms with Crippen molar-refractivity contribution in [2.45, 2.75) is 18.9 Å². The number of halogens is 1. The van der Waals surface area contributed by atoms with E-state index in [9.17, 15) is 0 Å². The van der Waals surface area contributed by atoms with Crippen LogP contribution in [0.4, 0.5) is 0 Å². The maximum Gasteiger partial charge on any atom is 0.0646 e. The van der Waals surface area contributed by atoms with E-state index in [0.29, 0.717) is 0 Å². The lowest BCUT2D eigenvalue weighted by Gasteiger charge is -2.25. The molecule has 0 saturated carbocycles. The van der Waals surface area contributed by atoms with E-state index < -0.39 is 5.54 Å². The van der Waals surface area contributed by atoms with Gasteiger partial charge in [-0.2, -0.15) is 5.10 Å². The van der Waals surface area contributed by atoms with E-state index in [1.165, 1.54) is 0 Å². The summed E-state index contributed by atoms with van der Waals surface area (Å²) in [5.41, 5.74) is 8.09. The van der Waals surface area contributed by atoms with E-state index in [1.54, 1.807) is 4.68 Å². The van der Waals surface area contributed by atoms with Gasteiger partial charge in [-0.1, -0.05) is 34.1 Å². The predicted molar refractivity (Wildman–Crippen MR) is 72.6 cm³/mol. The van der Waals surface area contributed by atoms with Crippen molar-refractivity contribution in [1.82, 2.24) is 9.78 Å². The van der Waals surface area contributed by atoms with Crippen LogP contribution in [0.25, 0.3) is 0 Å². The second-order valence-corrected chi connectivity index (χ2v) is 5.41. The number of benzene rings is 1. The summed E-state index contributed by atoms with van der Waals surface area (Å²) in [7, 11) is 1.91. The van der Waals surface area contributed by atoms with Gasteiger partial charge in [0.2, 0.25) is 0 Å². The molecule has 2 N–H and O–H groups in total. The van der Waals surface area contributed by atoms with Crippen LogP contribution in [0.3, 0.4) is 0 Å². The number of aromatic nitrogens is 2. The van der Waals surface area contributed by atoms with Gasteiger partial charge < -0.3 is 5.73 Å². The molecule has 3 nitrogen and oxygen atoms in total. The molecule has 0 saturated heterocycles. The van der Waals surface area contributed by atoms with Crippen LogP contribution in [0.2, 0.25) is 0 Å². The number of hydrogen-bond acceptors (Lipinski definition) is 2. The molecule has 0 spiro atoms. The maximum absolute atomic E-state index is 6.40. The third-order valence-corrected chi connectivity index (χ3v) is 3.50. The first-order valence-electron chi connectivity index (χ1n) is 5.51. The topological polar surface area (TPSA) is 43.8 Å². The Kier molecular flexibility index (Phi) is 3.35. The van der Waals surface area contributed by atoms with Crippen LogP contribution in [0, 0.1) is 0 Å². The van der Waals surface area contributed by atoms with Crippen LogP contribution >= 0.6 is 15.9 Å². The third kappa shape index (κ3) is 2.76. The summed E-state index contributed by atoms with van der Waals surface area (Å²) in [6, 6.07) is 10.1. The molecule has 0 fully saturated rings. The van der Waals surface area contributed by atoms with Crippen molar-refractivity contribution in [2.24, 2.45) is 12.8 Å². The minimum absolute atomic E-state index is 0.422. The molecule has 1 unspecified atom stereocenters. The molecule has 1 atom stereocenters. The molecule has 0 aliphatic heterocycles. The Hall–Kier alpha value is -1.13. The molecule has 0 radical (unpaired) electrons. The van der Waals surface area contributed by atoms with Gasteiger partial charge in [0, 0.05) is 29.7 Å². The first-order valence-corrected chi connectivity index (χ1v) is 6.31. The molecule has 4 heteroatoms. The molecule has 0 aliphatic carbocycles. The number of aryl methyl sites for hydroxylation is 1. The first kappa shape index (κ1) is 12.3. The highest BCUT2D eigenvalue weighted by atomic mass is 79.9. The fourth-order valence-electron chi connectivity index (χ4n) is 1.95. The Labute approximate surface area is 110 Å². The Morgan fingerprint density at radius 2 is 2.06 bits per heavy atom. The zero-order valence-electron chi connectivity index (χ0n) is 10.0. The number of nitrogens with two attached hydrogens (primary N) is 1. The molecule has 0 amide bonds. The zero-order valence-corrected chi connectivity index (χ0v) is 11.6. The Balaban J connectivity index is 2.27. The van der Waals surface area contributed by atoms with Gasteiger partial charge in [-0.05, 0) is 24.6 Å². The second-order valence-electron chi connectivity index (χ2n) is 4.55. The third-order valence-electron chi connectivity index (χ3n) is 2.81. The summed E-state index contributed by atoms with van der Waals surface area (Å²) >= 11 is 3.55. The molecule has 1 aromatic heterocycles. The summed E-state index contributed by atoms with van der Waals surface area (Å²) in [5.74, 6) is 0. The molecule has 17 heavy (non-hydrogen) atoms. The average molecular weight is 294 g/mol. The van der Waals surface area contributed by atoms with Crippen molar-refractivity contribution >= 4 is 15.9 Å². The lowest BCUT2D eigenvalue weighted by Crippen LogP contribution is -2.36. The average Bonchev–Trinajstić information content (AvgIpc) is 2.63. The molecule has 0 aliphatic rings. The summed E-state index contributed by atoms with van der Waals surface area (Å²) < 4.78 is 2.84. The highest BCUT2D eigenvalue weighted by Gasteiger charge is 2.24. The van der Waals surface area contributed by atoms with Gasteiger partial charge >= 0.3 is 0 Å². The largest absolute Gasteiger partial charge is 0.321 e. The Bertz CT molecular complexity index is 517. The number of nitrogens with zero attached hydrogens (tertiary/aromatic N) is 2. The number of rotatable bonds is 3. The van der Waals surface area contributed by atoms with Crippen molar-refractivity contribution in [3.8, 4) is 0 Å². The van der Waals surface area contributed by atoms with Crippen molar-refractivity contribution in [2.75, 3.05) is 0 Å². The zero-order chi connectivity index (χ0) is 12.5. The van der Waals surface area contributed by atoms with Gasteiger partial charge in [-0.15, -0.1) is 0 Å². The summed E-state index contributed by atoms with van der Waals surface area (Å²) in [6.07, 6.45) is 2.65. The highest BCUT2D eigenvalue weighted by molar-refractivity contribution is 9.10. The van der Waals surface area contributed by atoms with E-state index in [4.69, 9.17) is 5.73 Å². The van der Waals surface area contributed by atoms with E-state index >= 15 is 0 Å². The van der Waals surface area contributed by atoms with E-state index in [1.807, 2.05) is 50.5 Å². The van der Waals surface area contributed by atoms with Gasteiger partial charge in [-0.25, -0.2) is 0 Å². The van der Waals surface area contributed by atoms with Crippen molar-refractivity contribution in [1.29, 1.82) is 0 Å². The summed E-state index contributed by atoms with van der Waals surface area (Å²) in [6.45, 7) is 2.03.